The number of fused-ring (bicyclic) bond motifs is 8. The maximum absolute atomic E-state index is 2.69. The van der Waals surface area contributed by atoms with Crippen molar-refractivity contribution in [3.63, 3.8) is 0 Å². The van der Waals surface area contributed by atoms with Gasteiger partial charge in [0.05, 0.1) is 33.4 Å². The molecular weight excluding hydrogens is 1110 g/mol. The van der Waals surface area contributed by atoms with Crippen LogP contribution in [-0.4, -0.2) is 9.13 Å². The summed E-state index contributed by atoms with van der Waals surface area (Å²) in [5, 5.41) is 13.0. The zero-order valence-corrected chi connectivity index (χ0v) is 55.6. The molecule has 2 aliphatic rings. The fourth-order valence-electron chi connectivity index (χ4n) is 16.4. The van der Waals surface area contributed by atoms with Crippen molar-refractivity contribution in [2.45, 2.75) is 156 Å². The van der Waals surface area contributed by atoms with Crippen molar-refractivity contribution in [2.75, 3.05) is 9.80 Å². The number of hydrogen-bond donors (Lipinski definition) is 0. The Labute approximate surface area is 544 Å². The zero-order valence-electron chi connectivity index (χ0n) is 55.6. The third kappa shape index (κ3) is 9.20. The van der Waals surface area contributed by atoms with Crippen LogP contribution < -0.4 is 9.80 Å². The van der Waals surface area contributed by atoms with Gasteiger partial charge in [0.15, 0.2) is 0 Å². The topological polar surface area (TPSA) is 16.3 Å². The Morgan fingerprint density at radius 2 is 0.728 bits per heavy atom. The van der Waals surface area contributed by atoms with Crippen molar-refractivity contribution < 1.29 is 0 Å². The van der Waals surface area contributed by atoms with Crippen LogP contribution in [0.5, 0.6) is 0 Å². The van der Waals surface area contributed by atoms with Gasteiger partial charge >= 0.3 is 0 Å². The summed E-state index contributed by atoms with van der Waals surface area (Å²) >= 11 is 0. The number of hydrogen-bond acceptors (Lipinski definition) is 2. The average molecular weight is 1200 g/mol. The molecular formula is C88H86N4. The second-order valence-corrected chi connectivity index (χ2v) is 28.9. The maximum Gasteiger partial charge on any atom is 0.0543 e. The molecule has 2 aromatic heterocycles. The highest BCUT2D eigenvalue weighted by Crippen LogP contribution is 2.54. The lowest BCUT2D eigenvalue weighted by atomic mass is 9.82. The van der Waals surface area contributed by atoms with Gasteiger partial charge in [-0.15, -0.1) is 0 Å². The highest BCUT2D eigenvalue weighted by atomic mass is 15.2. The first-order valence-corrected chi connectivity index (χ1v) is 34.6. The first kappa shape index (κ1) is 58.0. The lowest BCUT2D eigenvalue weighted by Gasteiger charge is -2.34. The average Bonchev–Trinajstić information content (AvgIpc) is 0.825. The summed E-state index contributed by atoms with van der Waals surface area (Å²) in [6.07, 6.45) is 11.3. The number of nitrogens with zero attached hydrogens (tertiary/aromatic N) is 4. The summed E-state index contributed by atoms with van der Waals surface area (Å²) < 4.78 is 4.98. The predicted octanol–water partition coefficient (Wildman–Crippen LogP) is 25.1. The number of aromatic nitrogens is 2. The van der Waals surface area contributed by atoms with Gasteiger partial charge in [-0.1, -0.05) is 178 Å². The van der Waals surface area contributed by atoms with Crippen molar-refractivity contribution in [1.29, 1.82) is 0 Å². The highest BCUT2D eigenvalue weighted by molar-refractivity contribution is 6.30. The summed E-state index contributed by atoms with van der Waals surface area (Å²) in [5.74, 6) is 0.511. The van der Waals surface area contributed by atoms with Gasteiger partial charge in [0, 0.05) is 66.4 Å². The first-order valence-electron chi connectivity index (χ1n) is 34.6. The van der Waals surface area contributed by atoms with E-state index >= 15 is 0 Å². The van der Waals surface area contributed by atoms with Crippen LogP contribution >= 0.6 is 0 Å². The van der Waals surface area contributed by atoms with E-state index in [1.807, 2.05) is 0 Å². The fourth-order valence-corrected chi connectivity index (χ4v) is 16.4. The molecule has 0 aliphatic heterocycles. The molecule has 0 spiro atoms. The summed E-state index contributed by atoms with van der Waals surface area (Å²) in [5.41, 5.74) is 26.3. The number of aryl methyl sites for hydroxylation is 2. The van der Waals surface area contributed by atoms with E-state index in [9.17, 15) is 0 Å². The molecule has 2 heterocycles. The molecule has 0 bridgehead atoms. The Bertz CT molecular complexity index is 4870. The van der Waals surface area contributed by atoms with Crippen molar-refractivity contribution in [1.82, 2.24) is 9.13 Å². The molecule has 0 atom stereocenters. The molecule has 4 heteroatoms. The van der Waals surface area contributed by atoms with E-state index in [0.717, 1.165) is 38.5 Å². The molecule has 458 valence electrons. The van der Waals surface area contributed by atoms with E-state index in [1.165, 1.54) is 192 Å². The van der Waals surface area contributed by atoms with Crippen molar-refractivity contribution in [2.24, 2.45) is 0 Å². The number of benzene rings is 12. The molecule has 0 N–H and O–H groups in total. The van der Waals surface area contributed by atoms with Gasteiger partial charge in [0.25, 0.3) is 0 Å². The monoisotopic (exact) mass is 1200 g/mol. The van der Waals surface area contributed by atoms with Gasteiger partial charge in [0.2, 0.25) is 0 Å². The number of para-hydroxylation sites is 2. The van der Waals surface area contributed by atoms with Gasteiger partial charge in [-0.2, -0.15) is 0 Å². The summed E-state index contributed by atoms with van der Waals surface area (Å²) in [6.45, 7) is 23.6. The molecule has 0 saturated carbocycles. The molecule has 92 heavy (non-hydrogen) atoms. The second kappa shape index (κ2) is 22.3. The van der Waals surface area contributed by atoms with Crippen LogP contribution in [0.1, 0.15) is 164 Å². The fraction of sp³-hybridized carbons (Fsp3) is 0.273. The minimum absolute atomic E-state index is 0.107. The highest BCUT2D eigenvalue weighted by Gasteiger charge is 2.31. The Kier molecular flexibility index (Phi) is 14.1. The van der Waals surface area contributed by atoms with E-state index in [0.29, 0.717) is 0 Å². The van der Waals surface area contributed by atoms with E-state index in [2.05, 4.69) is 294 Å². The standard InChI is InChI=1S/C88H86N4/c1-11-87(7,8)59-35-39-61(40-36-59)89-79-31-19-17-29-67(79)75-51-63(43-49-81(75)89)91(77-33-21-25-57-23-13-15-27-65(57)77)83-53-73(55(3)4)69-46-48-72-84(54-74(56(5)6)70-45-47-71(83)85(69)86(70)72)92(78-34-22-26-58-24-14-16-28-66(58)78)64-44-50-82-76(52-64)68-30-18-20-32-80(68)90(82)62-41-37-60(38-42-62)88(9,10)12-2/h17-22,25-26,29-56H,11-16,23-24,27-28H2,1-10H3. The molecule has 0 amide bonds. The third-order valence-corrected chi connectivity index (χ3v) is 22.3. The van der Waals surface area contributed by atoms with Crippen LogP contribution in [0.15, 0.2) is 206 Å². The molecule has 16 rings (SSSR count). The maximum atomic E-state index is 2.69. The minimum Gasteiger partial charge on any atom is -0.310 e. The van der Waals surface area contributed by atoms with Gasteiger partial charge in [-0.3, -0.25) is 0 Å². The first-order chi connectivity index (χ1) is 44.7. The van der Waals surface area contributed by atoms with Crippen LogP contribution in [0.3, 0.4) is 0 Å². The molecule has 12 aromatic carbocycles. The van der Waals surface area contributed by atoms with Crippen LogP contribution in [0.2, 0.25) is 0 Å². The van der Waals surface area contributed by atoms with Crippen LogP contribution in [0, 0.1) is 0 Å². The Balaban J connectivity index is 0.952. The SMILES string of the molecule is CCC(C)(C)c1ccc(-n2c3ccccc3c3cc(N(c4cccc5c4CCCC5)c4cc(C(C)C)c5ccc6c(N(c7ccc8c(c7)c7ccccc7n8-c7ccc(C(C)(C)CC)cc7)c7cccc8c7CCCC8)cc(C(C)C)c7ccc4c5c76)ccc32)cc1. The lowest BCUT2D eigenvalue weighted by Crippen LogP contribution is -2.17. The third-order valence-electron chi connectivity index (χ3n) is 22.3. The molecule has 0 radical (unpaired) electrons. The second-order valence-electron chi connectivity index (χ2n) is 28.9. The minimum atomic E-state index is 0.107. The van der Waals surface area contributed by atoms with E-state index in [-0.39, 0.29) is 22.7 Å². The summed E-state index contributed by atoms with van der Waals surface area (Å²) in [6, 6.07) is 81.0. The molecule has 0 fully saturated rings. The van der Waals surface area contributed by atoms with Gasteiger partial charge in [-0.05, 0) is 250 Å². The Hall–Kier alpha value is -9.12. The normalized spacial score (nSPS) is 13.9. The molecule has 14 aromatic rings. The van der Waals surface area contributed by atoms with E-state index in [1.54, 1.807) is 0 Å². The quantitative estimate of drug-likeness (QED) is 0.101. The largest absolute Gasteiger partial charge is 0.310 e. The van der Waals surface area contributed by atoms with Gasteiger partial charge < -0.3 is 18.9 Å². The molecule has 4 nitrogen and oxygen atoms in total. The van der Waals surface area contributed by atoms with Crippen LogP contribution in [0.25, 0.3) is 87.3 Å². The lowest BCUT2D eigenvalue weighted by molar-refractivity contribution is 0.506. The number of anilines is 6. The van der Waals surface area contributed by atoms with Crippen LogP contribution in [0.4, 0.5) is 34.1 Å². The summed E-state index contributed by atoms with van der Waals surface area (Å²) in [4.78, 5) is 5.38. The zero-order chi connectivity index (χ0) is 62.9. The van der Waals surface area contributed by atoms with Gasteiger partial charge in [-0.25, -0.2) is 0 Å². The predicted molar refractivity (Wildman–Crippen MR) is 396 cm³/mol. The Morgan fingerprint density at radius 3 is 1.13 bits per heavy atom. The van der Waals surface area contributed by atoms with Crippen molar-refractivity contribution in [3.05, 3.63) is 251 Å². The van der Waals surface area contributed by atoms with Gasteiger partial charge in [0.1, 0.15) is 0 Å². The molecule has 2 aliphatic carbocycles. The number of rotatable bonds is 14. The van der Waals surface area contributed by atoms with E-state index in [4.69, 9.17) is 0 Å². The van der Waals surface area contributed by atoms with Crippen LogP contribution in [-0.2, 0) is 36.5 Å². The summed E-state index contributed by atoms with van der Waals surface area (Å²) in [7, 11) is 0. The smallest absolute Gasteiger partial charge is 0.0543 e. The van der Waals surface area contributed by atoms with Crippen molar-refractivity contribution >= 4 is 110 Å². The Morgan fingerprint density at radius 1 is 0.348 bits per heavy atom. The molecule has 0 unspecified atom stereocenters. The van der Waals surface area contributed by atoms with Crippen molar-refractivity contribution in [3.8, 4) is 11.4 Å². The van der Waals surface area contributed by atoms with E-state index < -0.39 is 0 Å². The molecule has 0 saturated heterocycles.